The number of nitrogens with zero attached hydrogens (tertiary/aromatic N) is 5. The quantitative estimate of drug-likeness (QED) is 0.458. The summed E-state index contributed by atoms with van der Waals surface area (Å²) in [6, 6.07) is 12.2. The lowest BCUT2D eigenvalue weighted by molar-refractivity contribution is -0.132. The van der Waals surface area contributed by atoms with E-state index in [1.54, 1.807) is 11.3 Å². The van der Waals surface area contributed by atoms with Crippen molar-refractivity contribution in [2.75, 3.05) is 6.54 Å². The molecule has 1 amide bonds. The Morgan fingerprint density at radius 2 is 2.06 bits per heavy atom. The molecule has 0 spiro atoms. The van der Waals surface area contributed by atoms with Crippen LogP contribution >= 0.6 is 11.3 Å². The molecule has 0 saturated carbocycles. The number of benzene rings is 1. The zero-order valence-electron chi connectivity index (χ0n) is 18.2. The molecular weight excluding hydrogens is 406 g/mol. The van der Waals surface area contributed by atoms with Crippen LogP contribution in [0.25, 0.3) is 15.9 Å². The minimum Gasteiger partial charge on any atom is -0.334 e. The molecule has 0 bridgehead atoms. The van der Waals surface area contributed by atoms with Crippen molar-refractivity contribution < 1.29 is 4.79 Å². The molecule has 0 N–H and O–H groups in total. The lowest BCUT2D eigenvalue weighted by Gasteiger charge is -2.25. The van der Waals surface area contributed by atoms with E-state index in [-0.39, 0.29) is 17.4 Å². The number of aryl methyl sites for hydroxylation is 1. The number of carbonyl (C=O) groups is 1. The van der Waals surface area contributed by atoms with Crippen molar-refractivity contribution in [1.82, 2.24) is 24.5 Å². The summed E-state index contributed by atoms with van der Waals surface area (Å²) >= 11 is 1.68. The van der Waals surface area contributed by atoms with Crippen molar-refractivity contribution in [1.29, 1.82) is 0 Å². The Balaban J connectivity index is 1.36. The van der Waals surface area contributed by atoms with E-state index < -0.39 is 0 Å². The monoisotopic (exact) mass is 433 g/mol. The largest absolute Gasteiger partial charge is 0.334 e. The van der Waals surface area contributed by atoms with Crippen LogP contribution in [0.4, 0.5) is 0 Å². The molecule has 3 aromatic heterocycles. The van der Waals surface area contributed by atoms with Gasteiger partial charge in [0.05, 0.1) is 32.7 Å². The normalized spacial score (nSPS) is 17.1. The van der Waals surface area contributed by atoms with Crippen LogP contribution in [0.1, 0.15) is 62.5 Å². The summed E-state index contributed by atoms with van der Waals surface area (Å²) < 4.78 is 3.11. The second kappa shape index (κ2) is 7.71. The van der Waals surface area contributed by atoms with E-state index in [2.05, 4.69) is 42.9 Å². The van der Waals surface area contributed by atoms with Gasteiger partial charge in [0.25, 0.3) is 0 Å². The summed E-state index contributed by atoms with van der Waals surface area (Å²) in [5.41, 5.74) is 3.87. The number of rotatable bonds is 4. The van der Waals surface area contributed by atoms with Gasteiger partial charge in [-0.3, -0.25) is 4.79 Å². The number of carbonyl (C=O) groups excluding carboxylic acids is 1. The van der Waals surface area contributed by atoms with Crippen LogP contribution in [0.3, 0.4) is 0 Å². The standard InChI is InChI=1S/C24H27N5OS/c1-24(2,3)20-15-21-25-13-12-18(29(21)27-20)17-8-6-14-28(17)23(30)11-10-22-26-16-7-4-5-9-19(16)31-22/h4-5,7,9,12-13,15,17H,6,8,10-11,14H2,1-3H3/t17-/m0/s1. The molecule has 5 rings (SSSR count). The second-order valence-electron chi connectivity index (χ2n) is 9.24. The van der Waals surface area contributed by atoms with Gasteiger partial charge in [-0.25, -0.2) is 14.5 Å². The Bertz CT molecular complexity index is 1220. The smallest absolute Gasteiger partial charge is 0.223 e. The zero-order valence-corrected chi connectivity index (χ0v) is 19.0. The minimum absolute atomic E-state index is 0.0427. The first-order valence-electron chi connectivity index (χ1n) is 10.9. The number of hydrogen-bond acceptors (Lipinski definition) is 5. The van der Waals surface area contributed by atoms with Gasteiger partial charge < -0.3 is 4.90 Å². The van der Waals surface area contributed by atoms with Crippen molar-refractivity contribution in [3.63, 3.8) is 0 Å². The summed E-state index contributed by atoms with van der Waals surface area (Å²) in [6.07, 6.45) is 4.96. The van der Waals surface area contributed by atoms with Gasteiger partial charge in [0, 0.05) is 37.1 Å². The molecule has 4 heterocycles. The van der Waals surface area contributed by atoms with Crippen LogP contribution in [0.15, 0.2) is 42.6 Å². The van der Waals surface area contributed by atoms with Crippen molar-refractivity contribution in [2.24, 2.45) is 0 Å². The Kier molecular flexibility index (Phi) is 5.01. The number of amides is 1. The molecule has 0 radical (unpaired) electrons. The molecule has 160 valence electrons. The van der Waals surface area contributed by atoms with Gasteiger partial charge in [0.1, 0.15) is 0 Å². The summed E-state index contributed by atoms with van der Waals surface area (Å²) in [7, 11) is 0. The molecule has 1 atom stereocenters. The molecule has 1 saturated heterocycles. The highest BCUT2D eigenvalue weighted by molar-refractivity contribution is 7.18. The van der Waals surface area contributed by atoms with Gasteiger partial charge in [-0.15, -0.1) is 11.3 Å². The van der Waals surface area contributed by atoms with E-state index >= 15 is 0 Å². The van der Waals surface area contributed by atoms with Crippen LogP contribution in [0.2, 0.25) is 0 Å². The molecule has 0 aliphatic carbocycles. The number of fused-ring (bicyclic) bond motifs is 2. The van der Waals surface area contributed by atoms with Crippen molar-refractivity contribution in [2.45, 2.75) is 57.9 Å². The predicted molar refractivity (Wildman–Crippen MR) is 123 cm³/mol. The summed E-state index contributed by atoms with van der Waals surface area (Å²) in [4.78, 5) is 24.4. The van der Waals surface area contributed by atoms with Crippen LogP contribution in [-0.2, 0) is 16.6 Å². The third-order valence-corrected chi connectivity index (χ3v) is 7.06. The van der Waals surface area contributed by atoms with Crippen LogP contribution in [0, 0.1) is 0 Å². The molecular formula is C24H27N5OS. The number of likely N-dealkylation sites (tertiary alicyclic amines) is 1. The summed E-state index contributed by atoms with van der Waals surface area (Å²) in [5.74, 6) is 0.190. The zero-order chi connectivity index (χ0) is 21.6. The molecule has 7 heteroatoms. The first-order chi connectivity index (χ1) is 14.9. The van der Waals surface area contributed by atoms with Gasteiger partial charge >= 0.3 is 0 Å². The molecule has 1 aliphatic rings. The van der Waals surface area contributed by atoms with E-state index in [1.807, 2.05) is 39.9 Å². The van der Waals surface area contributed by atoms with Crippen molar-refractivity contribution >= 4 is 33.1 Å². The van der Waals surface area contributed by atoms with Gasteiger partial charge in [-0.1, -0.05) is 32.9 Å². The third-order valence-electron chi connectivity index (χ3n) is 5.96. The Morgan fingerprint density at radius 3 is 2.87 bits per heavy atom. The Morgan fingerprint density at radius 1 is 1.23 bits per heavy atom. The Hall–Kier alpha value is -2.80. The lowest BCUT2D eigenvalue weighted by Crippen LogP contribution is -2.31. The first-order valence-corrected chi connectivity index (χ1v) is 11.7. The first kappa shape index (κ1) is 20.1. The Labute approximate surface area is 185 Å². The predicted octanol–water partition coefficient (Wildman–Crippen LogP) is 4.93. The maximum Gasteiger partial charge on any atom is 0.223 e. The van der Waals surface area contributed by atoms with Gasteiger partial charge in [0.2, 0.25) is 5.91 Å². The van der Waals surface area contributed by atoms with E-state index in [4.69, 9.17) is 5.10 Å². The topological polar surface area (TPSA) is 63.4 Å². The van der Waals surface area contributed by atoms with E-state index in [9.17, 15) is 4.79 Å². The molecule has 1 aliphatic heterocycles. The highest BCUT2D eigenvalue weighted by atomic mass is 32.1. The van der Waals surface area contributed by atoms with E-state index in [0.29, 0.717) is 12.8 Å². The average Bonchev–Trinajstić information content (AvgIpc) is 3.48. The van der Waals surface area contributed by atoms with Gasteiger partial charge in [-0.2, -0.15) is 5.10 Å². The molecule has 0 unspecified atom stereocenters. The van der Waals surface area contributed by atoms with E-state index in [1.165, 1.54) is 4.70 Å². The highest BCUT2D eigenvalue weighted by Crippen LogP contribution is 2.33. The summed E-state index contributed by atoms with van der Waals surface area (Å²) in [6.45, 7) is 7.26. The number of thiazole rings is 1. The van der Waals surface area contributed by atoms with Crippen LogP contribution < -0.4 is 0 Å². The number of aromatic nitrogens is 4. The maximum absolute atomic E-state index is 13.2. The highest BCUT2D eigenvalue weighted by Gasteiger charge is 2.32. The second-order valence-corrected chi connectivity index (χ2v) is 10.4. The molecule has 31 heavy (non-hydrogen) atoms. The van der Waals surface area contributed by atoms with Crippen molar-refractivity contribution in [3.05, 3.63) is 59.0 Å². The van der Waals surface area contributed by atoms with Gasteiger partial charge in [0.15, 0.2) is 5.65 Å². The molecule has 6 nitrogen and oxygen atoms in total. The molecule has 1 fully saturated rings. The number of hydrogen-bond donors (Lipinski definition) is 0. The van der Waals surface area contributed by atoms with Crippen LogP contribution in [-0.4, -0.2) is 36.9 Å². The van der Waals surface area contributed by atoms with Crippen molar-refractivity contribution in [3.8, 4) is 0 Å². The van der Waals surface area contributed by atoms with E-state index in [0.717, 1.165) is 46.9 Å². The molecule has 4 aromatic rings. The minimum atomic E-state index is -0.0482. The number of para-hydroxylation sites is 1. The molecule has 1 aromatic carbocycles. The SMILES string of the molecule is CC(C)(C)c1cc2nccc([C@@H]3CCCN3C(=O)CCc3nc4ccccc4s3)n2n1. The average molecular weight is 434 g/mol. The fourth-order valence-electron chi connectivity index (χ4n) is 4.29. The fourth-order valence-corrected chi connectivity index (χ4v) is 5.26. The fraction of sp³-hybridized carbons (Fsp3) is 0.417. The maximum atomic E-state index is 13.2. The summed E-state index contributed by atoms with van der Waals surface area (Å²) in [5, 5.41) is 5.87. The lowest BCUT2D eigenvalue weighted by atomic mass is 9.93. The van der Waals surface area contributed by atoms with Crippen LogP contribution in [0.5, 0.6) is 0 Å². The third kappa shape index (κ3) is 3.82. The van der Waals surface area contributed by atoms with Gasteiger partial charge in [-0.05, 0) is 31.0 Å².